The van der Waals surface area contributed by atoms with Crippen molar-refractivity contribution in [2.45, 2.75) is 0 Å². The number of hydrogen-bond acceptors (Lipinski definition) is 8. The fourth-order valence-corrected chi connectivity index (χ4v) is 2.50. The SMILES string of the molecule is COc1cc(OC)c(OC)cc1/C=N/N=C/c1cc(OC)c(OC)cc1OC. The van der Waals surface area contributed by atoms with Gasteiger partial charge in [-0.25, -0.2) is 0 Å². The van der Waals surface area contributed by atoms with E-state index in [0.29, 0.717) is 45.6 Å². The lowest BCUT2D eigenvalue weighted by Crippen LogP contribution is -1.97. The van der Waals surface area contributed by atoms with E-state index in [2.05, 4.69) is 10.2 Å². The maximum Gasteiger partial charge on any atom is 0.164 e. The molecule has 0 heterocycles. The second kappa shape index (κ2) is 10.1. The van der Waals surface area contributed by atoms with Crippen molar-refractivity contribution < 1.29 is 28.4 Å². The average molecular weight is 388 g/mol. The van der Waals surface area contributed by atoms with Gasteiger partial charge in [-0.2, -0.15) is 10.2 Å². The quantitative estimate of drug-likeness (QED) is 0.485. The lowest BCUT2D eigenvalue weighted by atomic mass is 10.2. The van der Waals surface area contributed by atoms with Gasteiger partial charge < -0.3 is 28.4 Å². The van der Waals surface area contributed by atoms with Crippen LogP contribution < -0.4 is 28.4 Å². The highest BCUT2D eigenvalue weighted by Gasteiger charge is 2.11. The van der Waals surface area contributed by atoms with Crippen LogP contribution in [0.5, 0.6) is 34.5 Å². The van der Waals surface area contributed by atoms with Crippen molar-refractivity contribution in [2.75, 3.05) is 42.7 Å². The van der Waals surface area contributed by atoms with Gasteiger partial charge in [-0.1, -0.05) is 0 Å². The summed E-state index contributed by atoms with van der Waals surface area (Å²) in [6, 6.07) is 6.96. The van der Waals surface area contributed by atoms with E-state index in [9.17, 15) is 0 Å². The van der Waals surface area contributed by atoms with Gasteiger partial charge in [-0.05, 0) is 12.1 Å². The lowest BCUT2D eigenvalue weighted by Gasteiger charge is -2.11. The van der Waals surface area contributed by atoms with Crippen LogP contribution in [0.25, 0.3) is 0 Å². The third-order valence-corrected chi connectivity index (χ3v) is 3.93. The highest BCUT2D eigenvalue weighted by Crippen LogP contribution is 2.34. The Morgan fingerprint density at radius 2 is 0.750 bits per heavy atom. The summed E-state index contributed by atoms with van der Waals surface area (Å²) in [4.78, 5) is 0. The molecule has 0 aliphatic rings. The van der Waals surface area contributed by atoms with E-state index in [1.807, 2.05) is 0 Å². The zero-order chi connectivity index (χ0) is 20.5. The molecule has 2 rings (SSSR count). The number of nitrogens with zero attached hydrogens (tertiary/aromatic N) is 2. The molecule has 0 unspecified atom stereocenters. The molecule has 0 aromatic heterocycles. The summed E-state index contributed by atoms with van der Waals surface area (Å²) >= 11 is 0. The molecule has 0 saturated carbocycles. The second-order valence-corrected chi connectivity index (χ2v) is 5.39. The van der Waals surface area contributed by atoms with Crippen molar-refractivity contribution in [1.82, 2.24) is 0 Å². The molecule has 8 nitrogen and oxygen atoms in total. The van der Waals surface area contributed by atoms with Crippen molar-refractivity contribution >= 4 is 12.4 Å². The lowest BCUT2D eigenvalue weighted by molar-refractivity contribution is 0.349. The van der Waals surface area contributed by atoms with Gasteiger partial charge in [-0.3, -0.25) is 0 Å². The Kier molecular flexibility index (Phi) is 7.50. The molecule has 2 aromatic rings. The minimum Gasteiger partial charge on any atom is -0.496 e. The monoisotopic (exact) mass is 388 g/mol. The molecular weight excluding hydrogens is 364 g/mol. The first-order valence-corrected chi connectivity index (χ1v) is 8.28. The smallest absolute Gasteiger partial charge is 0.164 e. The Balaban J connectivity index is 2.31. The summed E-state index contributed by atoms with van der Waals surface area (Å²) in [5, 5.41) is 8.18. The Morgan fingerprint density at radius 3 is 1.04 bits per heavy atom. The number of ether oxygens (including phenoxy) is 6. The first-order valence-electron chi connectivity index (χ1n) is 8.28. The van der Waals surface area contributed by atoms with Crippen LogP contribution in [0.3, 0.4) is 0 Å². The summed E-state index contributed by atoms with van der Waals surface area (Å²) in [6.45, 7) is 0. The highest BCUT2D eigenvalue weighted by atomic mass is 16.5. The van der Waals surface area contributed by atoms with Crippen LogP contribution in [-0.2, 0) is 0 Å². The maximum atomic E-state index is 5.37. The van der Waals surface area contributed by atoms with E-state index in [1.54, 1.807) is 79.4 Å². The van der Waals surface area contributed by atoms with Crippen LogP contribution >= 0.6 is 0 Å². The van der Waals surface area contributed by atoms with Crippen molar-refractivity contribution in [1.29, 1.82) is 0 Å². The van der Waals surface area contributed by atoms with E-state index >= 15 is 0 Å². The molecule has 0 fully saturated rings. The molecule has 0 N–H and O–H groups in total. The van der Waals surface area contributed by atoms with Crippen molar-refractivity contribution in [3.63, 3.8) is 0 Å². The number of rotatable bonds is 9. The fraction of sp³-hybridized carbons (Fsp3) is 0.300. The largest absolute Gasteiger partial charge is 0.496 e. The third-order valence-electron chi connectivity index (χ3n) is 3.93. The molecule has 2 aromatic carbocycles. The van der Waals surface area contributed by atoms with Gasteiger partial charge in [0.1, 0.15) is 11.5 Å². The van der Waals surface area contributed by atoms with E-state index in [-0.39, 0.29) is 0 Å². The Morgan fingerprint density at radius 1 is 0.464 bits per heavy atom. The van der Waals surface area contributed by atoms with Crippen LogP contribution in [0.4, 0.5) is 0 Å². The number of benzene rings is 2. The molecule has 0 atom stereocenters. The van der Waals surface area contributed by atoms with E-state index < -0.39 is 0 Å². The average Bonchev–Trinajstić information content (AvgIpc) is 2.75. The van der Waals surface area contributed by atoms with Gasteiger partial charge in [-0.15, -0.1) is 0 Å². The van der Waals surface area contributed by atoms with Gasteiger partial charge in [0.2, 0.25) is 0 Å². The first kappa shape index (κ1) is 20.9. The molecular formula is C20H24N2O6. The summed E-state index contributed by atoms with van der Waals surface area (Å²) in [5.74, 6) is 3.43. The minimum absolute atomic E-state index is 0.565. The fourth-order valence-electron chi connectivity index (χ4n) is 2.50. The molecule has 8 heteroatoms. The van der Waals surface area contributed by atoms with E-state index in [0.717, 1.165) is 0 Å². The van der Waals surface area contributed by atoms with Gasteiger partial charge in [0.25, 0.3) is 0 Å². The Labute approximate surface area is 164 Å². The van der Waals surface area contributed by atoms with E-state index in [1.165, 1.54) is 0 Å². The molecule has 28 heavy (non-hydrogen) atoms. The van der Waals surface area contributed by atoms with Crippen molar-refractivity contribution in [3.8, 4) is 34.5 Å². The highest BCUT2D eigenvalue weighted by molar-refractivity contribution is 5.88. The predicted molar refractivity (Wildman–Crippen MR) is 107 cm³/mol. The van der Waals surface area contributed by atoms with Gasteiger partial charge in [0, 0.05) is 23.3 Å². The van der Waals surface area contributed by atoms with Crippen LogP contribution in [0.15, 0.2) is 34.5 Å². The third kappa shape index (κ3) is 4.64. The zero-order valence-corrected chi connectivity index (χ0v) is 16.8. The summed E-state index contributed by atoms with van der Waals surface area (Å²) in [7, 11) is 9.38. The summed E-state index contributed by atoms with van der Waals surface area (Å²) < 4.78 is 31.9. The molecule has 0 radical (unpaired) electrons. The van der Waals surface area contributed by atoms with Crippen LogP contribution in [0.1, 0.15) is 11.1 Å². The topological polar surface area (TPSA) is 80.1 Å². The zero-order valence-electron chi connectivity index (χ0n) is 16.8. The van der Waals surface area contributed by atoms with E-state index in [4.69, 9.17) is 28.4 Å². The van der Waals surface area contributed by atoms with Crippen LogP contribution in [0.2, 0.25) is 0 Å². The standard InChI is InChI=1S/C20H24N2O6/c1-23-15-9-19(27-5)17(25-3)7-13(15)11-21-22-12-14-8-18(26-4)20(28-6)10-16(14)24-2/h7-12H,1-6H3/b21-11+,22-12+. The first-order chi connectivity index (χ1) is 13.6. The Bertz CT molecular complexity index is 793. The predicted octanol–water partition coefficient (Wildman–Crippen LogP) is 3.19. The number of methoxy groups -OCH3 is 6. The van der Waals surface area contributed by atoms with Gasteiger partial charge in [0.05, 0.1) is 55.1 Å². The van der Waals surface area contributed by atoms with Gasteiger partial charge in [0.15, 0.2) is 23.0 Å². The summed E-state index contributed by atoms with van der Waals surface area (Å²) in [6.07, 6.45) is 3.12. The normalized spacial score (nSPS) is 10.9. The molecule has 0 aliphatic heterocycles. The minimum atomic E-state index is 0.565. The molecule has 0 aliphatic carbocycles. The molecule has 0 saturated heterocycles. The van der Waals surface area contributed by atoms with Crippen molar-refractivity contribution in [2.24, 2.45) is 10.2 Å². The molecule has 0 bridgehead atoms. The van der Waals surface area contributed by atoms with Crippen molar-refractivity contribution in [3.05, 3.63) is 35.4 Å². The molecule has 150 valence electrons. The van der Waals surface area contributed by atoms with Gasteiger partial charge >= 0.3 is 0 Å². The maximum absolute atomic E-state index is 5.37. The molecule has 0 amide bonds. The number of hydrogen-bond donors (Lipinski definition) is 0. The molecule has 0 spiro atoms. The Hall–Kier alpha value is -3.42. The second-order valence-electron chi connectivity index (χ2n) is 5.39. The van der Waals surface area contributed by atoms with Crippen LogP contribution in [0, 0.1) is 0 Å². The van der Waals surface area contributed by atoms with Crippen LogP contribution in [-0.4, -0.2) is 55.1 Å². The summed E-state index contributed by atoms with van der Waals surface area (Å²) in [5.41, 5.74) is 1.38.